The lowest BCUT2D eigenvalue weighted by Gasteiger charge is -2.06. The second-order valence-corrected chi connectivity index (χ2v) is 5.12. The van der Waals surface area contributed by atoms with Crippen LogP contribution in [0.2, 0.25) is 5.02 Å². The fraction of sp³-hybridized carbons (Fsp3) is 0.333. The Balaban J connectivity index is 2.21. The van der Waals surface area contributed by atoms with Crippen LogP contribution in [0.5, 0.6) is 0 Å². The highest BCUT2D eigenvalue weighted by Gasteiger charge is 2.39. The van der Waals surface area contributed by atoms with Gasteiger partial charge < -0.3 is 0 Å². The van der Waals surface area contributed by atoms with Gasteiger partial charge in [-0.2, -0.15) is 32.9 Å². The van der Waals surface area contributed by atoms with Gasteiger partial charge in [0, 0.05) is 14.1 Å². The third-order valence-electron chi connectivity index (χ3n) is 3.03. The van der Waals surface area contributed by atoms with E-state index in [-0.39, 0.29) is 5.56 Å². The Hall–Kier alpha value is -2.43. The lowest BCUT2D eigenvalue weighted by molar-refractivity contribution is -0.143. The number of nitrogens with one attached hydrogen (secondary N) is 1. The van der Waals surface area contributed by atoms with Crippen molar-refractivity contribution >= 4 is 23.7 Å². The van der Waals surface area contributed by atoms with Crippen LogP contribution in [0.3, 0.4) is 0 Å². The first kappa shape index (κ1) is 17.9. The van der Waals surface area contributed by atoms with Gasteiger partial charge in [-0.25, -0.2) is 10.1 Å². The van der Waals surface area contributed by atoms with Gasteiger partial charge in [0.1, 0.15) is 5.02 Å². The molecule has 0 aromatic carbocycles. The molecule has 2 heterocycles. The molecule has 12 heteroatoms. The zero-order chi connectivity index (χ0) is 18.2. The Morgan fingerprint density at radius 1 is 1.29 bits per heavy atom. The number of hydrogen-bond donors (Lipinski definition) is 1. The number of aryl methyl sites for hydroxylation is 3. The molecular weight excluding hydrogens is 356 g/mol. The van der Waals surface area contributed by atoms with Crippen molar-refractivity contribution in [3.05, 3.63) is 33.6 Å². The summed E-state index contributed by atoms with van der Waals surface area (Å²) in [5.41, 5.74) is 0.391. The zero-order valence-corrected chi connectivity index (χ0v) is 13.4. The van der Waals surface area contributed by atoms with Gasteiger partial charge in [0.25, 0.3) is 5.91 Å². The van der Waals surface area contributed by atoms with Crippen molar-refractivity contribution in [1.29, 1.82) is 0 Å². The van der Waals surface area contributed by atoms with Crippen molar-refractivity contribution in [3.8, 4) is 0 Å². The van der Waals surface area contributed by atoms with E-state index < -0.39 is 34.4 Å². The lowest BCUT2D eigenvalue weighted by Crippen LogP contribution is -2.19. The van der Waals surface area contributed by atoms with E-state index in [0.717, 1.165) is 17.9 Å². The fourth-order valence-electron chi connectivity index (χ4n) is 1.95. The third-order valence-corrected chi connectivity index (χ3v) is 3.39. The van der Waals surface area contributed by atoms with Gasteiger partial charge in [-0.05, 0) is 6.92 Å². The van der Waals surface area contributed by atoms with E-state index in [2.05, 4.69) is 15.3 Å². The molecule has 130 valence electrons. The Kier molecular flexibility index (Phi) is 4.65. The molecule has 24 heavy (non-hydrogen) atoms. The van der Waals surface area contributed by atoms with E-state index in [0.29, 0.717) is 10.4 Å². The molecule has 7 nitrogen and oxygen atoms in total. The van der Waals surface area contributed by atoms with Gasteiger partial charge in [0.2, 0.25) is 5.95 Å². The number of alkyl halides is 3. The minimum atomic E-state index is -4.77. The molecule has 2 aromatic rings. The smallest absolute Gasteiger partial charge is 0.265 e. The molecule has 2 aromatic heterocycles. The van der Waals surface area contributed by atoms with Crippen LogP contribution in [0.25, 0.3) is 0 Å². The molecule has 1 amide bonds. The van der Waals surface area contributed by atoms with Crippen LogP contribution in [0.4, 0.5) is 17.6 Å². The average Bonchev–Trinajstić information content (AvgIpc) is 2.88. The van der Waals surface area contributed by atoms with Gasteiger partial charge in [0.05, 0.1) is 17.5 Å². The van der Waals surface area contributed by atoms with Crippen LogP contribution in [-0.2, 0) is 20.3 Å². The van der Waals surface area contributed by atoms with Gasteiger partial charge in [0.15, 0.2) is 11.4 Å². The molecule has 0 saturated heterocycles. The van der Waals surface area contributed by atoms with Gasteiger partial charge >= 0.3 is 6.18 Å². The monoisotopic (exact) mass is 366 g/mol. The Bertz CT molecular complexity index is 823. The molecule has 0 aliphatic heterocycles. The molecule has 0 atom stereocenters. The maximum atomic E-state index is 13.7. The standard InChI is InChI=1S/C12H11ClF4N6O/c1-5-6(10(14)23(3)20-5)4-18-19-11(24)8-7(13)9(12(15,16)17)22(2)21-8/h4H,1-3H3,(H,19,24). The number of carbonyl (C=O) groups excluding carboxylic acids is 1. The molecule has 0 unspecified atom stereocenters. The third kappa shape index (κ3) is 3.25. The lowest BCUT2D eigenvalue weighted by atomic mass is 10.3. The molecular formula is C12H11ClF4N6O. The first-order valence-corrected chi connectivity index (χ1v) is 6.74. The topological polar surface area (TPSA) is 77.1 Å². The summed E-state index contributed by atoms with van der Waals surface area (Å²) in [6.07, 6.45) is -3.78. The SMILES string of the molecule is Cc1nn(C)c(F)c1C=NNC(=O)c1nn(C)c(C(F)(F)F)c1Cl. The summed E-state index contributed by atoms with van der Waals surface area (Å²) >= 11 is 5.57. The zero-order valence-electron chi connectivity index (χ0n) is 12.6. The molecule has 0 aliphatic rings. The number of carbonyl (C=O) groups is 1. The quantitative estimate of drug-likeness (QED) is 0.513. The fourth-order valence-corrected chi connectivity index (χ4v) is 2.31. The molecule has 0 spiro atoms. The van der Waals surface area contributed by atoms with Crippen molar-refractivity contribution in [1.82, 2.24) is 25.0 Å². The molecule has 2 rings (SSSR count). The molecule has 0 bridgehead atoms. The summed E-state index contributed by atoms with van der Waals surface area (Å²) < 4.78 is 53.5. The summed E-state index contributed by atoms with van der Waals surface area (Å²) in [5.74, 6) is -1.75. The number of hydrogen-bond acceptors (Lipinski definition) is 4. The van der Waals surface area contributed by atoms with E-state index in [9.17, 15) is 22.4 Å². The summed E-state index contributed by atoms with van der Waals surface area (Å²) in [5, 5.41) is 9.87. The molecule has 0 saturated carbocycles. The number of rotatable bonds is 3. The predicted octanol–water partition coefficient (Wildman–Crippen LogP) is 2.04. The van der Waals surface area contributed by atoms with E-state index in [1.54, 1.807) is 0 Å². The summed E-state index contributed by atoms with van der Waals surface area (Å²) in [6.45, 7) is 1.53. The maximum Gasteiger partial charge on any atom is 0.434 e. The molecule has 0 fully saturated rings. The Labute approximate surface area is 137 Å². The van der Waals surface area contributed by atoms with Crippen LogP contribution >= 0.6 is 11.6 Å². The maximum absolute atomic E-state index is 13.7. The Morgan fingerprint density at radius 2 is 1.92 bits per heavy atom. The van der Waals surface area contributed by atoms with Crippen LogP contribution in [0, 0.1) is 12.9 Å². The first-order chi connectivity index (χ1) is 11.0. The highest BCUT2D eigenvalue weighted by molar-refractivity contribution is 6.34. The molecule has 0 aliphatic carbocycles. The van der Waals surface area contributed by atoms with Gasteiger partial charge in [-0.1, -0.05) is 11.6 Å². The first-order valence-electron chi connectivity index (χ1n) is 6.36. The molecule has 0 radical (unpaired) electrons. The van der Waals surface area contributed by atoms with Crippen LogP contribution < -0.4 is 5.43 Å². The van der Waals surface area contributed by atoms with E-state index in [4.69, 9.17) is 11.6 Å². The average molecular weight is 367 g/mol. The second-order valence-electron chi connectivity index (χ2n) is 4.75. The van der Waals surface area contributed by atoms with Crippen LogP contribution in [-0.4, -0.2) is 31.7 Å². The highest BCUT2D eigenvalue weighted by Crippen LogP contribution is 2.35. The summed E-state index contributed by atoms with van der Waals surface area (Å²) in [7, 11) is 2.38. The van der Waals surface area contributed by atoms with Crippen molar-refractivity contribution in [3.63, 3.8) is 0 Å². The largest absolute Gasteiger partial charge is 0.434 e. The minimum absolute atomic E-state index is 0.0286. The van der Waals surface area contributed by atoms with E-state index >= 15 is 0 Å². The van der Waals surface area contributed by atoms with Crippen molar-refractivity contribution in [2.75, 3.05) is 0 Å². The van der Waals surface area contributed by atoms with Crippen molar-refractivity contribution in [2.45, 2.75) is 13.1 Å². The summed E-state index contributed by atoms with van der Waals surface area (Å²) in [6, 6.07) is 0. The Morgan fingerprint density at radius 3 is 2.38 bits per heavy atom. The number of aromatic nitrogens is 4. The van der Waals surface area contributed by atoms with Crippen molar-refractivity contribution in [2.24, 2.45) is 19.2 Å². The van der Waals surface area contributed by atoms with Gasteiger partial charge in [-0.3, -0.25) is 9.48 Å². The normalized spacial score (nSPS) is 12.2. The predicted molar refractivity (Wildman–Crippen MR) is 76.2 cm³/mol. The summed E-state index contributed by atoms with van der Waals surface area (Å²) in [4.78, 5) is 11.9. The number of amides is 1. The van der Waals surface area contributed by atoms with Crippen LogP contribution in [0.1, 0.15) is 27.4 Å². The van der Waals surface area contributed by atoms with E-state index in [1.165, 1.54) is 14.0 Å². The highest BCUT2D eigenvalue weighted by atomic mass is 35.5. The van der Waals surface area contributed by atoms with Gasteiger partial charge in [-0.15, -0.1) is 0 Å². The molecule has 1 N–H and O–H groups in total. The number of hydrazone groups is 1. The number of halogens is 5. The second kappa shape index (κ2) is 6.23. The van der Waals surface area contributed by atoms with Crippen molar-refractivity contribution < 1.29 is 22.4 Å². The minimum Gasteiger partial charge on any atom is -0.265 e. The van der Waals surface area contributed by atoms with E-state index in [1.807, 2.05) is 5.43 Å². The van der Waals surface area contributed by atoms with Crippen LogP contribution in [0.15, 0.2) is 5.10 Å². The number of nitrogens with zero attached hydrogens (tertiary/aromatic N) is 5.